The van der Waals surface area contributed by atoms with Crippen LogP contribution in [-0.2, 0) is 0 Å². The van der Waals surface area contributed by atoms with Crippen molar-refractivity contribution in [2.75, 3.05) is 0 Å². The van der Waals surface area contributed by atoms with Gasteiger partial charge in [-0.3, -0.25) is 0 Å². The zero-order valence-electron chi connectivity index (χ0n) is 7.48. The number of ether oxygens (including phenoxy) is 1. The minimum Gasteiger partial charge on any atom is -0.429 e. The lowest BCUT2D eigenvalue weighted by Crippen LogP contribution is -1.86. The number of nitriles is 1. The third-order valence-corrected chi connectivity index (χ3v) is 3.09. The number of nitrogens with zero attached hydrogens (tertiary/aromatic N) is 2. The Morgan fingerprint density at radius 2 is 2.20 bits per heavy atom. The fourth-order valence-corrected chi connectivity index (χ4v) is 2.13. The van der Waals surface area contributed by atoms with Gasteiger partial charge in [0.05, 0.1) is 5.56 Å². The average Bonchev–Trinajstić information content (AvgIpc) is 2.65. The summed E-state index contributed by atoms with van der Waals surface area (Å²) < 4.78 is 6.21. The number of aromatic nitrogens is 1. The molecule has 1 aromatic carbocycles. The van der Waals surface area contributed by atoms with Crippen LogP contribution < -0.4 is 4.74 Å². The highest BCUT2D eigenvalue weighted by Gasteiger charge is 2.06. The molecule has 0 bridgehead atoms. The first-order valence-corrected chi connectivity index (χ1v) is 5.75. The third-order valence-electron chi connectivity index (χ3n) is 1.66. The highest BCUT2D eigenvalue weighted by Crippen LogP contribution is 2.28. The smallest absolute Gasteiger partial charge is 0.279 e. The molecule has 3 nitrogen and oxygen atoms in total. The Morgan fingerprint density at radius 1 is 1.40 bits per heavy atom. The van der Waals surface area contributed by atoms with Crippen LogP contribution in [0.15, 0.2) is 34.2 Å². The van der Waals surface area contributed by atoms with E-state index in [0.29, 0.717) is 16.5 Å². The Balaban J connectivity index is 2.28. The zero-order valence-corrected chi connectivity index (χ0v) is 9.88. The summed E-state index contributed by atoms with van der Waals surface area (Å²) in [6.07, 6.45) is 0. The van der Waals surface area contributed by atoms with Crippen LogP contribution in [0.2, 0.25) is 0 Å². The molecule has 0 aliphatic rings. The highest BCUT2D eigenvalue weighted by molar-refractivity contribution is 9.10. The van der Waals surface area contributed by atoms with E-state index in [4.69, 9.17) is 10.00 Å². The van der Waals surface area contributed by atoms with Gasteiger partial charge in [-0.05, 0) is 28.1 Å². The molecule has 0 unspecified atom stereocenters. The summed E-state index contributed by atoms with van der Waals surface area (Å²) in [7, 11) is 0. The Labute approximate surface area is 99.1 Å². The molecule has 15 heavy (non-hydrogen) atoms. The van der Waals surface area contributed by atoms with Crippen LogP contribution in [-0.4, -0.2) is 4.98 Å². The molecule has 0 fully saturated rings. The molecule has 1 aromatic heterocycles. The van der Waals surface area contributed by atoms with E-state index in [1.165, 1.54) is 11.3 Å². The molecule has 74 valence electrons. The van der Waals surface area contributed by atoms with Crippen molar-refractivity contribution in [3.8, 4) is 17.0 Å². The van der Waals surface area contributed by atoms with Gasteiger partial charge in [0.25, 0.3) is 5.19 Å². The van der Waals surface area contributed by atoms with Gasteiger partial charge in [-0.15, -0.1) is 0 Å². The maximum absolute atomic E-state index is 8.85. The highest BCUT2D eigenvalue weighted by atomic mass is 79.9. The Hall–Kier alpha value is -1.38. The van der Waals surface area contributed by atoms with E-state index in [1.807, 2.05) is 11.4 Å². The molecule has 2 aromatic rings. The molecule has 1 heterocycles. The standard InChI is InChI=1S/C10H5BrN2OS/c11-9-6-15-10(13-9)14-8-4-2-1-3-7(8)5-12/h1-4,6H. The van der Waals surface area contributed by atoms with E-state index in [0.717, 1.165) is 4.60 Å². The molecule has 0 atom stereocenters. The SMILES string of the molecule is N#Cc1ccccc1Oc1nc(Br)cs1. The second-order valence-electron chi connectivity index (χ2n) is 2.65. The summed E-state index contributed by atoms with van der Waals surface area (Å²) >= 11 is 4.61. The molecule has 0 saturated heterocycles. The van der Waals surface area contributed by atoms with Crippen LogP contribution >= 0.6 is 27.3 Å². The molecule has 0 radical (unpaired) electrons. The fraction of sp³-hybridized carbons (Fsp3) is 0. The van der Waals surface area contributed by atoms with Crippen molar-refractivity contribution < 1.29 is 4.74 Å². The summed E-state index contributed by atoms with van der Waals surface area (Å²) in [5, 5.41) is 11.2. The molecule has 0 aliphatic carbocycles. The summed E-state index contributed by atoms with van der Waals surface area (Å²) in [6, 6.07) is 9.13. The zero-order chi connectivity index (χ0) is 10.7. The molecule has 5 heteroatoms. The molecular formula is C10H5BrN2OS. The van der Waals surface area contributed by atoms with Gasteiger partial charge in [-0.2, -0.15) is 10.2 Å². The molecule has 0 amide bonds. The van der Waals surface area contributed by atoms with E-state index in [2.05, 4.69) is 27.0 Å². The first kappa shape index (κ1) is 10.1. The monoisotopic (exact) mass is 280 g/mol. The fourth-order valence-electron chi connectivity index (χ4n) is 1.03. The lowest BCUT2D eigenvalue weighted by Gasteiger charge is -2.02. The first-order chi connectivity index (χ1) is 7.29. The second kappa shape index (κ2) is 4.43. The lowest BCUT2D eigenvalue weighted by atomic mass is 10.2. The predicted molar refractivity (Wildman–Crippen MR) is 61.0 cm³/mol. The number of benzene rings is 1. The van der Waals surface area contributed by atoms with E-state index in [-0.39, 0.29) is 0 Å². The number of rotatable bonds is 2. The van der Waals surface area contributed by atoms with E-state index >= 15 is 0 Å². The van der Waals surface area contributed by atoms with Gasteiger partial charge in [-0.1, -0.05) is 23.5 Å². The third kappa shape index (κ3) is 2.35. The first-order valence-electron chi connectivity index (χ1n) is 4.07. The van der Waals surface area contributed by atoms with Gasteiger partial charge in [-0.25, -0.2) is 0 Å². The Kier molecular flexibility index (Phi) is 2.99. The van der Waals surface area contributed by atoms with Crippen LogP contribution in [0.1, 0.15) is 5.56 Å². The van der Waals surface area contributed by atoms with Crippen LogP contribution in [0.5, 0.6) is 10.9 Å². The van der Waals surface area contributed by atoms with Gasteiger partial charge in [0.1, 0.15) is 16.4 Å². The average molecular weight is 281 g/mol. The number of para-hydroxylation sites is 1. The van der Waals surface area contributed by atoms with Crippen molar-refractivity contribution >= 4 is 27.3 Å². The van der Waals surface area contributed by atoms with Gasteiger partial charge < -0.3 is 4.74 Å². The van der Waals surface area contributed by atoms with Crippen molar-refractivity contribution in [3.63, 3.8) is 0 Å². The second-order valence-corrected chi connectivity index (χ2v) is 4.28. The lowest BCUT2D eigenvalue weighted by molar-refractivity contribution is 0.476. The van der Waals surface area contributed by atoms with Crippen molar-refractivity contribution in [1.29, 1.82) is 5.26 Å². The minimum atomic E-state index is 0.504. The van der Waals surface area contributed by atoms with E-state index < -0.39 is 0 Å². The number of halogens is 1. The normalized spacial score (nSPS) is 9.60. The topological polar surface area (TPSA) is 45.9 Å². The number of thiazole rings is 1. The summed E-state index contributed by atoms with van der Waals surface area (Å²) in [5.74, 6) is 0.529. The Bertz CT molecular complexity index is 518. The van der Waals surface area contributed by atoms with Crippen molar-refractivity contribution in [2.45, 2.75) is 0 Å². The van der Waals surface area contributed by atoms with Gasteiger partial charge in [0.2, 0.25) is 0 Å². The van der Waals surface area contributed by atoms with Crippen LogP contribution in [0.3, 0.4) is 0 Å². The van der Waals surface area contributed by atoms with Gasteiger partial charge in [0, 0.05) is 5.38 Å². The van der Waals surface area contributed by atoms with Crippen molar-refractivity contribution in [2.24, 2.45) is 0 Å². The van der Waals surface area contributed by atoms with E-state index in [1.54, 1.807) is 18.2 Å². The summed E-state index contributed by atoms with van der Waals surface area (Å²) in [4.78, 5) is 4.08. The van der Waals surface area contributed by atoms with Crippen LogP contribution in [0.4, 0.5) is 0 Å². The van der Waals surface area contributed by atoms with Crippen molar-refractivity contribution in [1.82, 2.24) is 4.98 Å². The molecule has 0 spiro atoms. The number of hydrogen-bond donors (Lipinski definition) is 0. The molecule has 0 N–H and O–H groups in total. The molecule has 0 saturated carbocycles. The van der Waals surface area contributed by atoms with Gasteiger partial charge in [0.15, 0.2) is 0 Å². The number of hydrogen-bond acceptors (Lipinski definition) is 4. The van der Waals surface area contributed by atoms with Crippen molar-refractivity contribution in [3.05, 3.63) is 39.8 Å². The summed E-state index contributed by atoms with van der Waals surface area (Å²) in [6.45, 7) is 0. The van der Waals surface area contributed by atoms with E-state index in [9.17, 15) is 0 Å². The van der Waals surface area contributed by atoms with Crippen LogP contribution in [0.25, 0.3) is 0 Å². The minimum absolute atomic E-state index is 0.504. The van der Waals surface area contributed by atoms with Gasteiger partial charge >= 0.3 is 0 Å². The maximum Gasteiger partial charge on any atom is 0.279 e. The molecular weight excluding hydrogens is 276 g/mol. The molecule has 2 rings (SSSR count). The summed E-state index contributed by atoms with van der Waals surface area (Å²) in [5.41, 5.74) is 0.504. The van der Waals surface area contributed by atoms with Crippen LogP contribution in [0, 0.1) is 11.3 Å². The molecule has 0 aliphatic heterocycles. The predicted octanol–water partition coefficient (Wildman–Crippen LogP) is 3.57. The quantitative estimate of drug-likeness (QED) is 0.845. The largest absolute Gasteiger partial charge is 0.429 e. The Morgan fingerprint density at radius 3 is 2.87 bits per heavy atom. The maximum atomic E-state index is 8.85.